The first-order valence-corrected chi connectivity index (χ1v) is 6.10. The van der Waals surface area contributed by atoms with Gasteiger partial charge in [-0.1, -0.05) is 37.6 Å². The van der Waals surface area contributed by atoms with Crippen LogP contribution in [0.3, 0.4) is 0 Å². The zero-order valence-electron chi connectivity index (χ0n) is 9.34. The van der Waals surface area contributed by atoms with Crippen molar-refractivity contribution in [1.82, 2.24) is 0 Å². The maximum absolute atomic E-state index is 2.43. The molecular weight excluding hydrogens is 168 g/mol. The van der Waals surface area contributed by atoms with Crippen LogP contribution >= 0.6 is 0 Å². The second-order valence-electron chi connectivity index (χ2n) is 5.34. The van der Waals surface area contributed by atoms with Crippen molar-refractivity contribution in [1.29, 1.82) is 0 Å². The van der Waals surface area contributed by atoms with Gasteiger partial charge in [-0.15, -0.1) is 0 Å². The van der Waals surface area contributed by atoms with Gasteiger partial charge in [0.25, 0.3) is 0 Å². The van der Waals surface area contributed by atoms with Crippen LogP contribution in [0, 0.1) is 11.3 Å². The second kappa shape index (κ2) is 4.33. The molecule has 0 amide bonds. The molecule has 1 unspecified atom stereocenters. The molecule has 2 rings (SSSR count). The summed E-state index contributed by atoms with van der Waals surface area (Å²) in [5, 5.41) is 0. The maximum atomic E-state index is 2.43. The Morgan fingerprint density at radius 3 is 2.79 bits per heavy atom. The van der Waals surface area contributed by atoms with Crippen LogP contribution in [0.15, 0.2) is 24.3 Å². The van der Waals surface area contributed by atoms with E-state index in [-0.39, 0.29) is 0 Å². The lowest BCUT2D eigenvalue weighted by Gasteiger charge is -2.37. The van der Waals surface area contributed by atoms with Crippen molar-refractivity contribution in [2.24, 2.45) is 11.3 Å². The highest BCUT2D eigenvalue weighted by atomic mass is 14.3. The molecule has 0 spiro atoms. The van der Waals surface area contributed by atoms with Gasteiger partial charge in [-0.05, 0) is 49.9 Å². The minimum Gasteiger partial charge on any atom is -0.0882 e. The molecule has 14 heavy (non-hydrogen) atoms. The zero-order chi connectivity index (χ0) is 9.86. The van der Waals surface area contributed by atoms with Gasteiger partial charge in [0, 0.05) is 0 Å². The second-order valence-corrected chi connectivity index (χ2v) is 5.34. The van der Waals surface area contributed by atoms with Crippen molar-refractivity contribution in [2.75, 3.05) is 0 Å². The molecule has 0 heterocycles. The highest BCUT2D eigenvalue weighted by molar-refractivity contribution is 5.01. The van der Waals surface area contributed by atoms with Gasteiger partial charge in [-0.25, -0.2) is 0 Å². The van der Waals surface area contributed by atoms with Crippen LogP contribution in [-0.4, -0.2) is 0 Å². The van der Waals surface area contributed by atoms with Crippen LogP contribution in [0.2, 0.25) is 0 Å². The summed E-state index contributed by atoms with van der Waals surface area (Å²) in [5.74, 6) is 0.848. The summed E-state index contributed by atoms with van der Waals surface area (Å²) in [6, 6.07) is 0. The van der Waals surface area contributed by atoms with E-state index >= 15 is 0 Å². The quantitative estimate of drug-likeness (QED) is 0.573. The normalized spacial score (nSPS) is 29.6. The van der Waals surface area contributed by atoms with Gasteiger partial charge in [-0.3, -0.25) is 0 Å². The fourth-order valence-corrected chi connectivity index (χ4v) is 2.51. The molecule has 0 N–H and O–H groups in total. The Kier molecular flexibility index (Phi) is 3.10. The molecule has 2 aliphatic rings. The van der Waals surface area contributed by atoms with Crippen LogP contribution in [0.4, 0.5) is 0 Å². The smallest absolute Gasteiger partial charge is 0.0196 e. The molecular formula is C14H22. The predicted molar refractivity (Wildman–Crippen MR) is 62.2 cm³/mol. The fourth-order valence-electron chi connectivity index (χ4n) is 2.51. The Morgan fingerprint density at radius 1 is 1.36 bits per heavy atom. The van der Waals surface area contributed by atoms with E-state index in [1.54, 1.807) is 0 Å². The number of hydrogen-bond acceptors (Lipinski definition) is 0. The Labute approximate surface area is 88.1 Å². The average molecular weight is 190 g/mol. The number of rotatable bonds is 4. The molecule has 0 radical (unpaired) electrons. The minimum atomic E-state index is 0.669. The van der Waals surface area contributed by atoms with E-state index in [0.717, 1.165) is 5.92 Å². The largest absolute Gasteiger partial charge is 0.0882 e. The lowest BCUT2D eigenvalue weighted by Crippen LogP contribution is -2.24. The summed E-state index contributed by atoms with van der Waals surface area (Å²) in [4.78, 5) is 0. The van der Waals surface area contributed by atoms with Crippen LogP contribution in [-0.2, 0) is 0 Å². The Hall–Kier alpha value is -0.520. The molecule has 78 valence electrons. The molecule has 0 aromatic rings. The highest BCUT2D eigenvalue weighted by Gasteiger charge is 2.29. The van der Waals surface area contributed by atoms with Crippen molar-refractivity contribution in [3.05, 3.63) is 24.3 Å². The van der Waals surface area contributed by atoms with Gasteiger partial charge < -0.3 is 0 Å². The first-order chi connectivity index (χ1) is 6.79. The first-order valence-electron chi connectivity index (χ1n) is 6.10. The van der Waals surface area contributed by atoms with Crippen LogP contribution in [0.1, 0.15) is 51.9 Å². The van der Waals surface area contributed by atoms with Crippen molar-refractivity contribution in [3.63, 3.8) is 0 Å². The van der Waals surface area contributed by atoms with Crippen LogP contribution in [0.25, 0.3) is 0 Å². The molecule has 0 nitrogen and oxygen atoms in total. The van der Waals surface area contributed by atoms with E-state index in [1.165, 1.54) is 44.9 Å². The Bertz CT molecular complexity index is 230. The predicted octanol–water partition coefficient (Wildman–Crippen LogP) is 4.48. The van der Waals surface area contributed by atoms with E-state index in [0.29, 0.717) is 5.41 Å². The molecule has 0 bridgehead atoms. The lowest BCUT2D eigenvalue weighted by molar-refractivity contribution is 0.165. The van der Waals surface area contributed by atoms with E-state index in [9.17, 15) is 0 Å². The molecule has 1 saturated carbocycles. The molecule has 2 aliphatic carbocycles. The average Bonchev–Trinajstić information content (AvgIpc) is 2.62. The van der Waals surface area contributed by atoms with Gasteiger partial charge in [0.1, 0.15) is 0 Å². The fraction of sp³-hybridized carbons (Fsp3) is 0.714. The molecule has 1 atom stereocenters. The van der Waals surface area contributed by atoms with Crippen molar-refractivity contribution < 1.29 is 0 Å². The summed E-state index contributed by atoms with van der Waals surface area (Å²) in [7, 11) is 0. The van der Waals surface area contributed by atoms with E-state index < -0.39 is 0 Å². The van der Waals surface area contributed by atoms with E-state index in [4.69, 9.17) is 0 Å². The van der Waals surface area contributed by atoms with Crippen molar-refractivity contribution in [3.8, 4) is 0 Å². The van der Waals surface area contributed by atoms with Crippen molar-refractivity contribution in [2.45, 2.75) is 51.9 Å². The summed E-state index contributed by atoms with van der Waals surface area (Å²) < 4.78 is 0. The Balaban J connectivity index is 1.64. The van der Waals surface area contributed by atoms with Gasteiger partial charge in [0.05, 0.1) is 0 Å². The molecule has 1 fully saturated rings. The summed E-state index contributed by atoms with van der Waals surface area (Å²) >= 11 is 0. The minimum absolute atomic E-state index is 0.669. The monoisotopic (exact) mass is 190 g/mol. The van der Waals surface area contributed by atoms with Crippen molar-refractivity contribution >= 4 is 0 Å². The molecule has 0 aromatic carbocycles. The summed E-state index contributed by atoms with van der Waals surface area (Å²) in [5.41, 5.74) is 0.669. The van der Waals surface area contributed by atoms with Gasteiger partial charge in [0.2, 0.25) is 0 Å². The highest BCUT2D eigenvalue weighted by Crippen LogP contribution is 2.43. The summed E-state index contributed by atoms with van der Waals surface area (Å²) in [6.45, 7) is 2.43. The summed E-state index contributed by atoms with van der Waals surface area (Å²) in [6.07, 6.45) is 19.1. The van der Waals surface area contributed by atoms with Gasteiger partial charge in [-0.2, -0.15) is 0 Å². The van der Waals surface area contributed by atoms with E-state index in [1.807, 2.05) is 0 Å². The van der Waals surface area contributed by atoms with Gasteiger partial charge in [0.15, 0.2) is 0 Å². The maximum Gasteiger partial charge on any atom is -0.0196 e. The standard InChI is InChI=1S/C14H22/c1-14(11-6-12-14)10-5-4-9-13-7-2-3-8-13/h2,4-5,7,13H,3,6,8-12H2,1H3/b5-4+. The molecule has 0 saturated heterocycles. The number of hydrogen-bond donors (Lipinski definition) is 0. The third kappa shape index (κ3) is 2.50. The Morgan fingerprint density at radius 2 is 2.21 bits per heavy atom. The zero-order valence-corrected chi connectivity index (χ0v) is 9.34. The number of allylic oxidation sites excluding steroid dienone is 4. The van der Waals surface area contributed by atoms with Crippen LogP contribution in [0.5, 0.6) is 0 Å². The SMILES string of the molecule is CC1(C/C=C/CC2C=CCC2)CCC1. The first kappa shape index (κ1) is 10.0. The van der Waals surface area contributed by atoms with Crippen LogP contribution < -0.4 is 0 Å². The topological polar surface area (TPSA) is 0 Å². The van der Waals surface area contributed by atoms with E-state index in [2.05, 4.69) is 31.2 Å². The third-order valence-electron chi connectivity index (χ3n) is 3.89. The molecule has 0 aliphatic heterocycles. The molecule has 0 heteroatoms. The lowest BCUT2D eigenvalue weighted by atomic mass is 9.68. The molecule has 0 aromatic heterocycles. The van der Waals surface area contributed by atoms with Gasteiger partial charge >= 0.3 is 0 Å². The third-order valence-corrected chi connectivity index (χ3v) is 3.89.